The van der Waals surface area contributed by atoms with E-state index in [1.807, 2.05) is 0 Å². The van der Waals surface area contributed by atoms with E-state index in [0.29, 0.717) is 14.6 Å². The Morgan fingerprint density at radius 3 is 2.52 bits per heavy atom. The Morgan fingerprint density at radius 1 is 1.19 bits per heavy atom. The number of halogens is 3. The largest absolute Gasteiger partial charge is 0.321 e. The van der Waals surface area contributed by atoms with E-state index in [2.05, 4.69) is 37.2 Å². The molecule has 0 unspecified atom stereocenters. The second-order valence-electron chi connectivity index (χ2n) is 4.00. The van der Waals surface area contributed by atoms with Crippen LogP contribution in [0.5, 0.6) is 0 Å². The molecule has 0 saturated heterocycles. The van der Waals surface area contributed by atoms with Crippen molar-refractivity contribution in [2.24, 2.45) is 0 Å². The number of non-ortho nitro benzene ring substituents is 1. The van der Waals surface area contributed by atoms with Crippen molar-refractivity contribution < 1.29 is 14.1 Å². The second-order valence-corrected chi connectivity index (χ2v) is 5.77. The lowest BCUT2D eigenvalue weighted by Gasteiger charge is -2.08. The highest BCUT2D eigenvalue weighted by molar-refractivity contribution is 9.10. The molecule has 5 nitrogen and oxygen atoms in total. The maximum atomic E-state index is 13.6. The van der Waals surface area contributed by atoms with Crippen LogP contribution in [0.4, 0.5) is 15.8 Å². The average molecular weight is 418 g/mol. The number of nitro groups is 1. The van der Waals surface area contributed by atoms with Gasteiger partial charge in [-0.1, -0.05) is 15.9 Å². The standard InChI is InChI=1S/C13H7Br2FN2O3/c14-7-1-3-11(16)9(5-7)13(19)17-12-4-2-8(18(20)21)6-10(12)15/h1-6H,(H,17,19). The summed E-state index contributed by atoms with van der Waals surface area (Å²) >= 11 is 6.29. The van der Waals surface area contributed by atoms with E-state index < -0.39 is 16.6 Å². The molecule has 0 aromatic heterocycles. The molecule has 0 aliphatic rings. The molecule has 21 heavy (non-hydrogen) atoms. The topological polar surface area (TPSA) is 72.2 Å². The number of rotatable bonds is 3. The molecule has 108 valence electrons. The van der Waals surface area contributed by atoms with Crippen LogP contribution in [0.3, 0.4) is 0 Å². The molecule has 0 heterocycles. The summed E-state index contributed by atoms with van der Waals surface area (Å²) in [5.41, 5.74) is 0.0631. The van der Waals surface area contributed by atoms with Crippen LogP contribution in [0.1, 0.15) is 10.4 Å². The van der Waals surface area contributed by atoms with Crippen LogP contribution in [0.2, 0.25) is 0 Å². The molecule has 1 N–H and O–H groups in total. The number of carbonyl (C=O) groups is 1. The van der Waals surface area contributed by atoms with Crippen molar-refractivity contribution in [2.45, 2.75) is 0 Å². The minimum absolute atomic E-state index is 0.117. The summed E-state index contributed by atoms with van der Waals surface area (Å²) in [6.07, 6.45) is 0. The van der Waals surface area contributed by atoms with Gasteiger partial charge in [0.05, 0.1) is 16.2 Å². The van der Waals surface area contributed by atoms with Gasteiger partial charge in [0.15, 0.2) is 0 Å². The number of benzene rings is 2. The Hall–Kier alpha value is -1.80. The summed E-state index contributed by atoms with van der Waals surface area (Å²) in [7, 11) is 0. The van der Waals surface area contributed by atoms with Crippen LogP contribution in [0.15, 0.2) is 45.3 Å². The van der Waals surface area contributed by atoms with Gasteiger partial charge in [-0.05, 0) is 40.2 Å². The van der Waals surface area contributed by atoms with Gasteiger partial charge in [0.2, 0.25) is 0 Å². The lowest BCUT2D eigenvalue weighted by molar-refractivity contribution is -0.384. The summed E-state index contributed by atoms with van der Waals surface area (Å²) in [5.74, 6) is -1.31. The van der Waals surface area contributed by atoms with Crippen molar-refractivity contribution in [1.29, 1.82) is 0 Å². The first kappa shape index (κ1) is 15.6. The van der Waals surface area contributed by atoms with Crippen molar-refractivity contribution >= 4 is 49.1 Å². The van der Waals surface area contributed by atoms with Gasteiger partial charge in [0, 0.05) is 21.1 Å². The molecule has 2 aromatic rings. The Morgan fingerprint density at radius 2 is 1.90 bits per heavy atom. The fourth-order valence-corrected chi connectivity index (χ4v) is 2.41. The first-order valence-electron chi connectivity index (χ1n) is 5.59. The molecule has 2 aromatic carbocycles. The quantitative estimate of drug-likeness (QED) is 0.589. The van der Waals surface area contributed by atoms with Gasteiger partial charge in [-0.2, -0.15) is 0 Å². The number of nitrogens with zero attached hydrogens (tertiary/aromatic N) is 1. The Bertz CT molecular complexity index is 737. The van der Waals surface area contributed by atoms with Crippen molar-refractivity contribution in [3.63, 3.8) is 0 Å². The number of nitro benzene ring substituents is 1. The molecule has 0 aliphatic heterocycles. The summed E-state index contributed by atoms with van der Waals surface area (Å²) in [6.45, 7) is 0. The van der Waals surface area contributed by atoms with Crippen molar-refractivity contribution in [1.82, 2.24) is 0 Å². The lowest BCUT2D eigenvalue weighted by atomic mass is 10.2. The van der Waals surface area contributed by atoms with Crippen molar-refractivity contribution in [3.05, 3.63) is 66.8 Å². The number of carbonyl (C=O) groups excluding carboxylic acids is 1. The molecular weight excluding hydrogens is 411 g/mol. The van der Waals surface area contributed by atoms with E-state index in [-0.39, 0.29) is 11.3 Å². The highest BCUT2D eigenvalue weighted by Crippen LogP contribution is 2.28. The fourth-order valence-electron chi connectivity index (χ4n) is 1.58. The molecule has 2 rings (SSSR count). The van der Waals surface area contributed by atoms with Gasteiger partial charge < -0.3 is 5.32 Å². The van der Waals surface area contributed by atoms with Gasteiger partial charge >= 0.3 is 0 Å². The van der Waals surface area contributed by atoms with Crippen LogP contribution in [-0.4, -0.2) is 10.8 Å². The maximum Gasteiger partial charge on any atom is 0.270 e. The molecule has 0 bridgehead atoms. The Labute approximate surface area is 135 Å². The molecule has 0 radical (unpaired) electrons. The van der Waals surface area contributed by atoms with Crippen LogP contribution >= 0.6 is 31.9 Å². The van der Waals surface area contributed by atoms with Gasteiger partial charge in [0.25, 0.3) is 11.6 Å². The summed E-state index contributed by atoms with van der Waals surface area (Å²) in [4.78, 5) is 22.1. The average Bonchev–Trinajstić information content (AvgIpc) is 2.43. The third kappa shape index (κ3) is 3.64. The predicted molar refractivity (Wildman–Crippen MR) is 82.8 cm³/mol. The van der Waals surface area contributed by atoms with E-state index in [9.17, 15) is 19.3 Å². The predicted octanol–water partition coefficient (Wildman–Crippen LogP) is 4.51. The summed E-state index contributed by atoms with van der Waals surface area (Å²) in [5, 5.41) is 13.1. The summed E-state index contributed by atoms with van der Waals surface area (Å²) in [6, 6.07) is 7.88. The van der Waals surface area contributed by atoms with E-state index in [0.717, 1.165) is 0 Å². The first-order valence-corrected chi connectivity index (χ1v) is 7.17. The third-order valence-corrected chi connectivity index (χ3v) is 3.73. The first-order chi connectivity index (χ1) is 9.88. The minimum atomic E-state index is -0.659. The third-order valence-electron chi connectivity index (χ3n) is 2.58. The lowest BCUT2D eigenvalue weighted by Crippen LogP contribution is -2.14. The van der Waals surface area contributed by atoms with Crippen LogP contribution in [0.25, 0.3) is 0 Å². The van der Waals surface area contributed by atoms with Gasteiger partial charge in [-0.3, -0.25) is 14.9 Å². The number of hydrogen-bond donors (Lipinski definition) is 1. The van der Waals surface area contributed by atoms with E-state index in [1.165, 1.54) is 36.4 Å². The molecular formula is C13H7Br2FN2O3. The molecule has 0 atom stereocenters. The Balaban J connectivity index is 2.27. The zero-order valence-electron chi connectivity index (χ0n) is 10.3. The van der Waals surface area contributed by atoms with Crippen LogP contribution in [0, 0.1) is 15.9 Å². The molecule has 0 aliphatic carbocycles. The van der Waals surface area contributed by atoms with E-state index in [1.54, 1.807) is 0 Å². The molecule has 8 heteroatoms. The zero-order valence-corrected chi connectivity index (χ0v) is 13.4. The number of nitrogens with one attached hydrogen (secondary N) is 1. The molecule has 1 amide bonds. The number of hydrogen-bond acceptors (Lipinski definition) is 3. The smallest absolute Gasteiger partial charge is 0.270 e. The second kappa shape index (κ2) is 6.31. The highest BCUT2D eigenvalue weighted by Gasteiger charge is 2.15. The highest BCUT2D eigenvalue weighted by atomic mass is 79.9. The van der Waals surface area contributed by atoms with Crippen molar-refractivity contribution in [2.75, 3.05) is 5.32 Å². The number of anilines is 1. The summed E-state index contributed by atoms with van der Waals surface area (Å²) < 4.78 is 14.5. The van der Waals surface area contributed by atoms with Gasteiger partial charge in [-0.15, -0.1) is 0 Å². The maximum absolute atomic E-state index is 13.6. The number of amides is 1. The minimum Gasteiger partial charge on any atom is -0.321 e. The molecule has 0 fully saturated rings. The molecule has 0 saturated carbocycles. The molecule has 0 spiro atoms. The Kier molecular flexibility index (Phi) is 4.69. The zero-order chi connectivity index (χ0) is 15.6. The van der Waals surface area contributed by atoms with Crippen LogP contribution in [-0.2, 0) is 0 Å². The van der Waals surface area contributed by atoms with Crippen LogP contribution < -0.4 is 5.32 Å². The SMILES string of the molecule is O=C(Nc1ccc([N+](=O)[O-])cc1Br)c1cc(Br)ccc1F. The van der Waals surface area contributed by atoms with Gasteiger partial charge in [0.1, 0.15) is 5.82 Å². The van der Waals surface area contributed by atoms with Crippen molar-refractivity contribution in [3.8, 4) is 0 Å². The van der Waals surface area contributed by atoms with E-state index in [4.69, 9.17) is 0 Å². The monoisotopic (exact) mass is 416 g/mol. The fraction of sp³-hybridized carbons (Fsp3) is 0. The van der Waals surface area contributed by atoms with E-state index >= 15 is 0 Å². The normalized spacial score (nSPS) is 10.2. The van der Waals surface area contributed by atoms with Gasteiger partial charge in [-0.25, -0.2) is 4.39 Å².